The average molecular weight is 184 g/mol. The molecule has 2 aromatic rings. The summed E-state index contributed by atoms with van der Waals surface area (Å²) in [6.45, 7) is 4.44. The summed E-state index contributed by atoms with van der Waals surface area (Å²) in [4.78, 5) is 0. The van der Waals surface area contributed by atoms with E-state index < -0.39 is 0 Å². The van der Waals surface area contributed by atoms with Gasteiger partial charge in [-0.3, -0.25) is 0 Å². The molecular formula is C14H16. The third-order valence-corrected chi connectivity index (χ3v) is 2.80. The fraction of sp³-hybridized carbons (Fsp3) is 0.286. The van der Waals surface area contributed by atoms with Gasteiger partial charge in [-0.15, -0.1) is 0 Å². The topological polar surface area (TPSA) is 0 Å². The Morgan fingerprint density at radius 3 is 2.43 bits per heavy atom. The second-order valence-corrected chi connectivity index (χ2v) is 3.68. The van der Waals surface area contributed by atoms with E-state index in [1.54, 1.807) is 0 Å². The predicted molar refractivity (Wildman–Crippen MR) is 62.7 cm³/mol. The fourth-order valence-corrected chi connectivity index (χ4v) is 1.95. The lowest BCUT2D eigenvalue weighted by Crippen LogP contribution is -1.88. The lowest BCUT2D eigenvalue weighted by atomic mass is 9.98. The number of aryl methyl sites for hydroxylation is 2. The van der Waals surface area contributed by atoms with Crippen molar-refractivity contribution in [1.29, 1.82) is 0 Å². The highest BCUT2D eigenvalue weighted by Crippen LogP contribution is 2.21. The lowest BCUT2D eigenvalue weighted by molar-refractivity contribution is 1.10. The number of hydrogen-bond acceptors (Lipinski definition) is 0. The normalized spacial score (nSPS) is 10.7. The van der Waals surface area contributed by atoms with E-state index in [0.717, 1.165) is 12.8 Å². The number of hydrogen-bond donors (Lipinski definition) is 0. The maximum atomic E-state index is 2.34. The Bertz CT molecular complexity index is 441. The summed E-state index contributed by atoms with van der Waals surface area (Å²) in [5.41, 5.74) is 2.92. The van der Waals surface area contributed by atoms with E-state index in [4.69, 9.17) is 0 Å². The third kappa shape index (κ3) is 1.52. The Hall–Kier alpha value is -1.30. The molecule has 0 aliphatic carbocycles. The van der Waals surface area contributed by atoms with E-state index in [-0.39, 0.29) is 0 Å². The van der Waals surface area contributed by atoms with Gasteiger partial charge in [-0.1, -0.05) is 50.2 Å². The molecule has 0 unspecified atom stereocenters. The molecule has 0 N–H and O–H groups in total. The molecule has 0 aliphatic heterocycles. The van der Waals surface area contributed by atoms with Gasteiger partial charge in [0.05, 0.1) is 0 Å². The van der Waals surface area contributed by atoms with Gasteiger partial charge in [0.1, 0.15) is 0 Å². The van der Waals surface area contributed by atoms with E-state index in [1.807, 2.05) is 0 Å². The van der Waals surface area contributed by atoms with Crippen LogP contribution in [0.2, 0.25) is 0 Å². The highest BCUT2D eigenvalue weighted by molar-refractivity contribution is 5.86. The first kappa shape index (κ1) is 9.26. The second-order valence-electron chi connectivity index (χ2n) is 3.68. The maximum absolute atomic E-state index is 2.34. The van der Waals surface area contributed by atoms with Crippen LogP contribution >= 0.6 is 0 Å². The Kier molecular flexibility index (Phi) is 2.53. The van der Waals surface area contributed by atoms with Crippen LogP contribution in [0.15, 0.2) is 36.4 Å². The van der Waals surface area contributed by atoms with Crippen LogP contribution in [-0.4, -0.2) is 0 Å². The van der Waals surface area contributed by atoms with Gasteiger partial charge >= 0.3 is 0 Å². The molecule has 0 fully saturated rings. The standard InChI is InChI=1S/C14H16/c1-3-11-9-12(4-2)14-8-6-5-7-13(14)10-11/h5-10H,3-4H2,1-2H3. The quantitative estimate of drug-likeness (QED) is 0.662. The summed E-state index contributed by atoms with van der Waals surface area (Å²) < 4.78 is 0. The number of fused-ring (bicyclic) bond motifs is 1. The summed E-state index contributed by atoms with van der Waals surface area (Å²) in [6.07, 6.45) is 2.24. The first-order valence-electron chi connectivity index (χ1n) is 5.35. The number of benzene rings is 2. The van der Waals surface area contributed by atoms with E-state index in [2.05, 4.69) is 50.2 Å². The van der Waals surface area contributed by atoms with E-state index in [1.165, 1.54) is 21.9 Å². The van der Waals surface area contributed by atoms with Crippen LogP contribution in [-0.2, 0) is 12.8 Å². The Balaban J connectivity index is 2.73. The van der Waals surface area contributed by atoms with Crippen LogP contribution in [0, 0.1) is 0 Å². The number of rotatable bonds is 2. The van der Waals surface area contributed by atoms with Gasteiger partial charge < -0.3 is 0 Å². The van der Waals surface area contributed by atoms with Crippen LogP contribution in [0.1, 0.15) is 25.0 Å². The van der Waals surface area contributed by atoms with Crippen molar-refractivity contribution in [2.24, 2.45) is 0 Å². The minimum atomic E-state index is 1.12. The van der Waals surface area contributed by atoms with Crippen molar-refractivity contribution in [3.05, 3.63) is 47.5 Å². The highest BCUT2D eigenvalue weighted by atomic mass is 14.0. The van der Waals surface area contributed by atoms with Crippen molar-refractivity contribution in [1.82, 2.24) is 0 Å². The van der Waals surface area contributed by atoms with Crippen molar-refractivity contribution in [2.45, 2.75) is 26.7 Å². The van der Waals surface area contributed by atoms with Crippen molar-refractivity contribution >= 4 is 10.8 Å². The summed E-state index contributed by atoms with van der Waals surface area (Å²) >= 11 is 0. The molecule has 0 saturated carbocycles. The van der Waals surface area contributed by atoms with Crippen LogP contribution in [0.5, 0.6) is 0 Å². The summed E-state index contributed by atoms with van der Waals surface area (Å²) in [7, 11) is 0. The minimum Gasteiger partial charge on any atom is -0.0616 e. The Morgan fingerprint density at radius 2 is 1.71 bits per heavy atom. The van der Waals surface area contributed by atoms with E-state index >= 15 is 0 Å². The minimum absolute atomic E-state index is 1.12. The average Bonchev–Trinajstić information content (AvgIpc) is 2.27. The zero-order valence-corrected chi connectivity index (χ0v) is 8.88. The van der Waals surface area contributed by atoms with Gasteiger partial charge in [0.15, 0.2) is 0 Å². The molecule has 0 spiro atoms. The van der Waals surface area contributed by atoms with Gasteiger partial charge in [-0.2, -0.15) is 0 Å². The van der Waals surface area contributed by atoms with Gasteiger partial charge in [0.2, 0.25) is 0 Å². The molecule has 0 aliphatic rings. The molecule has 2 rings (SSSR count). The molecule has 2 aromatic carbocycles. The Labute approximate surface area is 85.6 Å². The first-order chi connectivity index (χ1) is 6.85. The molecule has 0 heteroatoms. The fourth-order valence-electron chi connectivity index (χ4n) is 1.95. The van der Waals surface area contributed by atoms with Crippen LogP contribution in [0.25, 0.3) is 10.8 Å². The van der Waals surface area contributed by atoms with Crippen LogP contribution in [0.3, 0.4) is 0 Å². The van der Waals surface area contributed by atoms with Gasteiger partial charge in [-0.25, -0.2) is 0 Å². The van der Waals surface area contributed by atoms with Crippen molar-refractivity contribution < 1.29 is 0 Å². The maximum Gasteiger partial charge on any atom is -0.0152 e. The Morgan fingerprint density at radius 1 is 0.929 bits per heavy atom. The monoisotopic (exact) mass is 184 g/mol. The van der Waals surface area contributed by atoms with Crippen molar-refractivity contribution in [3.63, 3.8) is 0 Å². The van der Waals surface area contributed by atoms with Crippen molar-refractivity contribution in [3.8, 4) is 0 Å². The second kappa shape index (κ2) is 3.83. The lowest BCUT2D eigenvalue weighted by Gasteiger charge is -2.07. The summed E-state index contributed by atoms with van der Waals surface area (Å²) in [5, 5.41) is 2.79. The first-order valence-corrected chi connectivity index (χ1v) is 5.35. The molecule has 0 amide bonds. The molecule has 0 bridgehead atoms. The zero-order chi connectivity index (χ0) is 9.97. The van der Waals surface area contributed by atoms with Crippen molar-refractivity contribution in [2.75, 3.05) is 0 Å². The van der Waals surface area contributed by atoms with Gasteiger partial charge in [0.25, 0.3) is 0 Å². The molecule has 14 heavy (non-hydrogen) atoms. The summed E-state index contributed by atoms with van der Waals surface area (Å²) in [5.74, 6) is 0. The molecular weight excluding hydrogens is 168 g/mol. The molecule has 72 valence electrons. The van der Waals surface area contributed by atoms with E-state index in [9.17, 15) is 0 Å². The highest BCUT2D eigenvalue weighted by Gasteiger charge is 2.00. The third-order valence-electron chi connectivity index (χ3n) is 2.80. The SMILES string of the molecule is CCc1cc(CC)c2ccccc2c1. The van der Waals surface area contributed by atoms with Crippen LogP contribution in [0.4, 0.5) is 0 Å². The largest absolute Gasteiger partial charge is 0.0616 e. The molecule has 0 radical (unpaired) electrons. The van der Waals surface area contributed by atoms with Crippen LogP contribution < -0.4 is 0 Å². The molecule has 0 aromatic heterocycles. The van der Waals surface area contributed by atoms with E-state index in [0.29, 0.717) is 0 Å². The molecule has 0 heterocycles. The van der Waals surface area contributed by atoms with Gasteiger partial charge in [-0.05, 0) is 34.7 Å². The molecule has 0 nitrogen and oxygen atoms in total. The smallest absolute Gasteiger partial charge is 0.0152 e. The van der Waals surface area contributed by atoms with Gasteiger partial charge in [0, 0.05) is 0 Å². The molecule has 0 atom stereocenters. The molecule has 0 saturated heterocycles. The predicted octanol–water partition coefficient (Wildman–Crippen LogP) is 3.96. The zero-order valence-electron chi connectivity index (χ0n) is 8.88. The summed E-state index contributed by atoms with van der Waals surface area (Å²) in [6, 6.07) is 13.3.